The summed E-state index contributed by atoms with van der Waals surface area (Å²) in [6, 6.07) is 11.1. The number of hydrogen-bond acceptors (Lipinski definition) is 2. The minimum absolute atomic E-state index is 0.0345. The van der Waals surface area contributed by atoms with E-state index in [1.807, 2.05) is 24.3 Å². The van der Waals surface area contributed by atoms with E-state index in [1.165, 1.54) is 0 Å². The average Bonchev–Trinajstić information content (AvgIpc) is 2.67. The molecule has 0 saturated heterocycles. The van der Waals surface area contributed by atoms with Crippen LogP contribution in [0.15, 0.2) is 41.2 Å². The molecule has 0 aromatic heterocycles. The van der Waals surface area contributed by atoms with Gasteiger partial charge in [-0.15, -0.1) is 0 Å². The van der Waals surface area contributed by atoms with E-state index in [0.29, 0.717) is 10.6 Å². The maximum atomic E-state index is 11.9. The molecule has 2 aliphatic carbocycles. The second-order valence-electron chi connectivity index (χ2n) is 4.02. The van der Waals surface area contributed by atoms with E-state index >= 15 is 0 Å². The molecule has 2 aliphatic rings. The third-order valence-corrected chi connectivity index (χ3v) is 3.02. The average molecular weight is 210 g/mol. The molecule has 2 nitrogen and oxygen atoms in total. The van der Waals surface area contributed by atoms with Crippen molar-refractivity contribution in [2.24, 2.45) is 0 Å². The highest BCUT2D eigenvalue weighted by Gasteiger charge is 2.13. The van der Waals surface area contributed by atoms with Crippen LogP contribution in [-0.4, -0.2) is 5.11 Å². The highest BCUT2D eigenvalue weighted by atomic mass is 16.3. The van der Waals surface area contributed by atoms with Gasteiger partial charge in [-0.1, -0.05) is 30.3 Å². The van der Waals surface area contributed by atoms with Gasteiger partial charge in [0.15, 0.2) is 5.43 Å². The highest BCUT2D eigenvalue weighted by Crippen LogP contribution is 2.30. The van der Waals surface area contributed by atoms with Crippen molar-refractivity contribution < 1.29 is 5.11 Å². The predicted molar refractivity (Wildman–Crippen MR) is 65.0 cm³/mol. The van der Waals surface area contributed by atoms with Crippen molar-refractivity contribution in [2.45, 2.75) is 6.92 Å². The SMILES string of the molecule is CC(O)=c1ccc2ccc3ccc(=O)c1c2-3. The van der Waals surface area contributed by atoms with Gasteiger partial charge >= 0.3 is 0 Å². The summed E-state index contributed by atoms with van der Waals surface area (Å²) in [5.41, 5.74) is 1.97. The molecule has 0 heterocycles. The Morgan fingerprint density at radius 2 is 1.75 bits per heavy atom. The van der Waals surface area contributed by atoms with Gasteiger partial charge in [0.2, 0.25) is 0 Å². The lowest BCUT2D eigenvalue weighted by atomic mass is 9.98. The molecule has 0 spiro atoms. The molecule has 1 aromatic carbocycles. The summed E-state index contributed by atoms with van der Waals surface area (Å²) in [7, 11) is 0. The minimum Gasteiger partial charge on any atom is -0.512 e. The normalized spacial score (nSPS) is 13.6. The monoisotopic (exact) mass is 210 g/mol. The summed E-state index contributed by atoms with van der Waals surface area (Å²) in [4.78, 5) is 11.9. The van der Waals surface area contributed by atoms with Crippen LogP contribution in [0.5, 0.6) is 0 Å². The molecule has 0 fully saturated rings. The van der Waals surface area contributed by atoms with Crippen LogP contribution >= 0.6 is 0 Å². The molecule has 2 heteroatoms. The minimum atomic E-state index is -0.0345. The van der Waals surface area contributed by atoms with E-state index in [9.17, 15) is 9.90 Å². The second kappa shape index (κ2) is 2.95. The molecule has 16 heavy (non-hydrogen) atoms. The van der Waals surface area contributed by atoms with Gasteiger partial charge in [-0.25, -0.2) is 0 Å². The van der Waals surface area contributed by atoms with Gasteiger partial charge in [-0.3, -0.25) is 4.79 Å². The summed E-state index contributed by atoms with van der Waals surface area (Å²) in [5, 5.41) is 11.9. The van der Waals surface area contributed by atoms with Gasteiger partial charge in [-0.2, -0.15) is 0 Å². The molecule has 1 N–H and O–H groups in total. The predicted octanol–water partition coefficient (Wildman–Crippen LogP) is 2.15. The van der Waals surface area contributed by atoms with Crippen molar-refractivity contribution in [1.82, 2.24) is 0 Å². The van der Waals surface area contributed by atoms with E-state index < -0.39 is 0 Å². The first-order chi connectivity index (χ1) is 7.68. The fourth-order valence-corrected chi connectivity index (χ4v) is 2.28. The summed E-state index contributed by atoms with van der Waals surface area (Å²) in [6.45, 7) is 1.60. The molecular formula is C14H10O2. The molecule has 0 aliphatic heterocycles. The van der Waals surface area contributed by atoms with Gasteiger partial charge in [0, 0.05) is 16.2 Å². The Kier molecular flexibility index (Phi) is 1.69. The summed E-state index contributed by atoms with van der Waals surface area (Å²) >= 11 is 0. The fourth-order valence-electron chi connectivity index (χ4n) is 2.28. The first-order valence-corrected chi connectivity index (χ1v) is 5.16. The number of aliphatic hydroxyl groups is 1. The van der Waals surface area contributed by atoms with Crippen LogP contribution in [0.1, 0.15) is 6.92 Å². The Morgan fingerprint density at radius 3 is 2.50 bits per heavy atom. The second-order valence-corrected chi connectivity index (χ2v) is 4.02. The van der Waals surface area contributed by atoms with Crippen molar-refractivity contribution in [3.63, 3.8) is 0 Å². The van der Waals surface area contributed by atoms with Crippen LogP contribution in [0.3, 0.4) is 0 Å². The van der Waals surface area contributed by atoms with E-state index in [0.717, 1.165) is 16.5 Å². The Labute approximate surface area is 92.1 Å². The van der Waals surface area contributed by atoms with E-state index in [-0.39, 0.29) is 11.2 Å². The van der Waals surface area contributed by atoms with E-state index in [4.69, 9.17) is 0 Å². The molecule has 0 radical (unpaired) electrons. The van der Waals surface area contributed by atoms with Crippen molar-refractivity contribution in [3.8, 4) is 11.1 Å². The standard InChI is InChI=1S/C14H10O2/c1-8(15)11-6-4-9-2-3-10-5-7-12(16)14(11)13(9)10/h2-7,15H,1H3. The Hall–Kier alpha value is -2.09. The van der Waals surface area contributed by atoms with Crippen LogP contribution < -0.4 is 10.6 Å². The lowest BCUT2D eigenvalue weighted by Gasteiger charge is -2.05. The van der Waals surface area contributed by atoms with Crippen LogP contribution in [0.4, 0.5) is 0 Å². The van der Waals surface area contributed by atoms with Gasteiger partial charge in [0.1, 0.15) is 0 Å². The lowest BCUT2D eigenvalue weighted by Crippen LogP contribution is -2.15. The van der Waals surface area contributed by atoms with Crippen LogP contribution in [0, 0.1) is 0 Å². The van der Waals surface area contributed by atoms with E-state index in [1.54, 1.807) is 19.1 Å². The third kappa shape index (κ3) is 1.04. The number of rotatable bonds is 0. The molecule has 1 aromatic rings. The summed E-state index contributed by atoms with van der Waals surface area (Å²) < 4.78 is 0. The molecule has 0 saturated carbocycles. The lowest BCUT2D eigenvalue weighted by molar-refractivity contribution is 0.499. The maximum absolute atomic E-state index is 11.9. The van der Waals surface area contributed by atoms with Crippen LogP contribution in [-0.2, 0) is 0 Å². The van der Waals surface area contributed by atoms with Gasteiger partial charge in [0.05, 0.1) is 5.76 Å². The van der Waals surface area contributed by atoms with Gasteiger partial charge in [-0.05, 0) is 23.9 Å². The Balaban J connectivity index is 2.74. The topological polar surface area (TPSA) is 37.3 Å². The molecule has 78 valence electrons. The van der Waals surface area contributed by atoms with Crippen LogP contribution in [0.2, 0.25) is 0 Å². The number of hydrogen-bond donors (Lipinski definition) is 1. The zero-order chi connectivity index (χ0) is 11.3. The summed E-state index contributed by atoms with van der Waals surface area (Å²) in [5.74, 6) is 0.188. The zero-order valence-corrected chi connectivity index (χ0v) is 8.82. The quantitative estimate of drug-likeness (QED) is 0.617. The molecule has 0 unspecified atom stereocenters. The molecule has 3 rings (SSSR count). The maximum Gasteiger partial charge on any atom is 0.187 e. The molecular weight excluding hydrogens is 200 g/mol. The first kappa shape index (κ1) is 9.16. The van der Waals surface area contributed by atoms with E-state index in [2.05, 4.69) is 0 Å². The number of aliphatic hydroxyl groups excluding tert-OH is 1. The van der Waals surface area contributed by atoms with Crippen LogP contribution in [0.25, 0.3) is 27.7 Å². The zero-order valence-electron chi connectivity index (χ0n) is 8.82. The van der Waals surface area contributed by atoms with Gasteiger partial charge < -0.3 is 5.11 Å². The first-order valence-electron chi connectivity index (χ1n) is 5.16. The van der Waals surface area contributed by atoms with Crippen molar-refractivity contribution >= 4 is 16.5 Å². The van der Waals surface area contributed by atoms with Crippen molar-refractivity contribution in [3.05, 3.63) is 51.8 Å². The van der Waals surface area contributed by atoms with Crippen molar-refractivity contribution in [2.75, 3.05) is 0 Å². The Morgan fingerprint density at radius 1 is 1.06 bits per heavy atom. The molecule has 0 bridgehead atoms. The van der Waals surface area contributed by atoms with Gasteiger partial charge in [0.25, 0.3) is 0 Å². The van der Waals surface area contributed by atoms with Crippen molar-refractivity contribution in [1.29, 1.82) is 0 Å². The number of benzene rings is 2. The smallest absolute Gasteiger partial charge is 0.187 e. The molecule has 0 atom stereocenters. The Bertz CT molecular complexity index is 739. The third-order valence-electron chi connectivity index (χ3n) is 3.02. The fraction of sp³-hybridized carbons (Fsp3) is 0.0714. The molecule has 0 amide bonds. The highest BCUT2D eigenvalue weighted by molar-refractivity contribution is 5.99. The summed E-state index contributed by atoms with van der Waals surface area (Å²) in [6.07, 6.45) is 0. The largest absolute Gasteiger partial charge is 0.512 e.